The topological polar surface area (TPSA) is 87.5 Å². The summed E-state index contributed by atoms with van der Waals surface area (Å²) in [5.74, 6) is 2.37. The Hall–Kier alpha value is -4.07. The molecule has 2 aromatic carbocycles. The molecule has 0 atom stereocenters. The maximum Gasteiger partial charge on any atom is 0.228 e. The molecule has 8 nitrogen and oxygen atoms in total. The van der Waals surface area contributed by atoms with Gasteiger partial charge in [0.2, 0.25) is 5.91 Å². The van der Waals surface area contributed by atoms with Crippen molar-refractivity contribution in [1.82, 2.24) is 14.8 Å². The molecule has 2 heterocycles. The van der Waals surface area contributed by atoms with Crippen LogP contribution in [0.2, 0.25) is 0 Å². The molecule has 8 heteroatoms. The Morgan fingerprint density at radius 3 is 2.42 bits per heavy atom. The highest BCUT2D eigenvalue weighted by molar-refractivity contribution is 5.92. The van der Waals surface area contributed by atoms with Gasteiger partial charge in [-0.3, -0.25) is 14.5 Å². The van der Waals surface area contributed by atoms with Gasteiger partial charge in [-0.2, -0.15) is 5.10 Å². The molecule has 4 rings (SSSR count). The van der Waals surface area contributed by atoms with E-state index < -0.39 is 0 Å². The minimum absolute atomic E-state index is 0.104. The van der Waals surface area contributed by atoms with Gasteiger partial charge in [-0.1, -0.05) is 0 Å². The lowest BCUT2D eigenvalue weighted by molar-refractivity contribution is -0.115. The highest BCUT2D eigenvalue weighted by Gasteiger charge is 2.12. The van der Waals surface area contributed by atoms with Crippen molar-refractivity contribution in [2.45, 2.75) is 26.3 Å². The Balaban J connectivity index is 1.45. The van der Waals surface area contributed by atoms with Gasteiger partial charge in [0.25, 0.3) is 0 Å². The highest BCUT2D eigenvalue weighted by Crippen LogP contribution is 2.36. The van der Waals surface area contributed by atoms with Crippen molar-refractivity contribution in [2.24, 2.45) is 0 Å². The molecule has 0 aliphatic carbocycles. The Kier molecular flexibility index (Phi) is 6.44. The number of anilines is 1. The first kappa shape index (κ1) is 22.1. The second-order valence-electron chi connectivity index (χ2n) is 7.81. The van der Waals surface area contributed by atoms with Crippen LogP contribution in [0.1, 0.15) is 25.5 Å². The molecule has 0 fully saturated rings. The Morgan fingerprint density at radius 1 is 1.03 bits per heavy atom. The van der Waals surface area contributed by atoms with Crippen LogP contribution in [-0.2, 0) is 11.2 Å². The fourth-order valence-corrected chi connectivity index (χ4v) is 3.41. The number of fused-ring (bicyclic) bond motifs is 1. The van der Waals surface area contributed by atoms with Crippen molar-refractivity contribution in [3.05, 3.63) is 66.6 Å². The first-order valence-corrected chi connectivity index (χ1v) is 10.6. The second-order valence-corrected chi connectivity index (χ2v) is 7.81. The predicted molar refractivity (Wildman–Crippen MR) is 126 cm³/mol. The lowest BCUT2D eigenvalue weighted by Gasteiger charge is -2.12. The number of aromatic nitrogens is 3. The molecule has 0 unspecified atom stereocenters. The van der Waals surface area contributed by atoms with Crippen molar-refractivity contribution in [3.63, 3.8) is 0 Å². The molecule has 0 aliphatic rings. The number of pyridine rings is 1. The SMILES string of the molecule is COc1cc2nccc(Oc3ccc(NC(=O)Cc4cnn(C(C)C)c4)cc3)c2cc1OC. The quantitative estimate of drug-likeness (QED) is 0.410. The third kappa shape index (κ3) is 5.06. The van der Waals surface area contributed by atoms with Gasteiger partial charge in [0.15, 0.2) is 11.5 Å². The van der Waals surface area contributed by atoms with E-state index in [0.29, 0.717) is 28.7 Å². The molecule has 0 aliphatic heterocycles. The van der Waals surface area contributed by atoms with Crippen molar-refractivity contribution in [1.29, 1.82) is 0 Å². The molecule has 0 saturated heterocycles. The Labute approximate surface area is 192 Å². The summed E-state index contributed by atoms with van der Waals surface area (Å²) in [6.45, 7) is 4.09. The summed E-state index contributed by atoms with van der Waals surface area (Å²) in [7, 11) is 3.17. The molecule has 0 saturated carbocycles. The average molecular weight is 447 g/mol. The summed E-state index contributed by atoms with van der Waals surface area (Å²) < 4.78 is 18.7. The van der Waals surface area contributed by atoms with Crippen molar-refractivity contribution in [2.75, 3.05) is 19.5 Å². The van der Waals surface area contributed by atoms with E-state index in [0.717, 1.165) is 16.5 Å². The Bertz CT molecular complexity index is 1270. The zero-order valence-corrected chi connectivity index (χ0v) is 19.0. The van der Waals surface area contributed by atoms with Crippen LogP contribution in [0.4, 0.5) is 5.69 Å². The number of carbonyl (C=O) groups excluding carboxylic acids is 1. The van der Waals surface area contributed by atoms with Gasteiger partial charge in [-0.15, -0.1) is 0 Å². The summed E-state index contributed by atoms with van der Waals surface area (Å²) in [6.07, 6.45) is 5.56. The predicted octanol–water partition coefficient (Wildman–Crippen LogP) is 5.00. The van der Waals surface area contributed by atoms with Crippen LogP contribution in [0.3, 0.4) is 0 Å². The molecule has 0 spiro atoms. The van der Waals surface area contributed by atoms with E-state index in [1.807, 2.05) is 36.9 Å². The number of ether oxygens (including phenoxy) is 3. The average Bonchev–Trinajstić information content (AvgIpc) is 3.28. The van der Waals surface area contributed by atoms with Crippen LogP contribution in [0.25, 0.3) is 10.9 Å². The van der Waals surface area contributed by atoms with Crippen LogP contribution in [0, 0.1) is 0 Å². The van der Waals surface area contributed by atoms with E-state index in [9.17, 15) is 4.79 Å². The zero-order chi connectivity index (χ0) is 23.4. The number of methoxy groups -OCH3 is 2. The number of benzene rings is 2. The first-order valence-electron chi connectivity index (χ1n) is 10.6. The smallest absolute Gasteiger partial charge is 0.228 e. The number of carbonyl (C=O) groups is 1. The van der Waals surface area contributed by atoms with E-state index in [-0.39, 0.29) is 18.4 Å². The second kappa shape index (κ2) is 9.60. The van der Waals surface area contributed by atoms with Gasteiger partial charge in [0, 0.05) is 35.6 Å². The largest absolute Gasteiger partial charge is 0.493 e. The molecule has 33 heavy (non-hydrogen) atoms. The number of hydrogen-bond acceptors (Lipinski definition) is 6. The van der Waals surface area contributed by atoms with Crippen LogP contribution in [-0.4, -0.2) is 34.9 Å². The molecular formula is C25H26N4O4. The van der Waals surface area contributed by atoms with E-state index in [1.165, 1.54) is 0 Å². The number of nitrogens with one attached hydrogen (secondary N) is 1. The van der Waals surface area contributed by atoms with Crippen molar-refractivity contribution >= 4 is 22.5 Å². The maximum atomic E-state index is 12.4. The summed E-state index contributed by atoms with van der Waals surface area (Å²) in [5.41, 5.74) is 2.29. The monoisotopic (exact) mass is 446 g/mol. The Morgan fingerprint density at radius 2 is 1.76 bits per heavy atom. The maximum absolute atomic E-state index is 12.4. The highest BCUT2D eigenvalue weighted by atomic mass is 16.5. The van der Waals surface area contributed by atoms with Gasteiger partial charge in [0.05, 0.1) is 32.4 Å². The molecule has 0 radical (unpaired) electrons. The standard InChI is InChI=1S/C25H26N4O4/c1-16(2)29-15-17(14-27-29)11-25(30)28-18-5-7-19(8-6-18)33-22-9-10-26-21-13-24(32-4)23(31-3)12-20(21)22/h5-10,12-16H,11H2,1-4H3,(H,28,30). The third-order valence-corrected chi connectivity index (χ3v) is 5.12. The number of rotatable bonds is 8. The minimum atomic E-state index is -0.104. The first-order chi connectivity index (χ1) is 16.0. The fraction of sp³-hybridized carbons (Fsp3) is 0.240. The lowest BCUT2D eigenvalue weighted by Crippen LogP contribution is -2.14. The van der Waals surface area contributed by atoms with Gasteiger partial charge in [0.1, 0.15) is 11.5 Å². The third-order valence-electron chi connectivity index (χ3n) is 5.12. The number of amides is 1. The van der Waals surface area contributed by atoms with E-state index in [2.05, 4.69) is 15.4 Å². The van der Waals surface area contributed by atoms with E-state index >= 15 is 0 Å². The van der Waals surface area contributed by atoms with E-state index in [1.54, 1.807) is 56.9 Å². The molecule has 1 amide bonds. The van der Waals surface area contributed by atoms with Crippen molar-refractivity contribution in [3.8, 4) is 23.0 Å². The number of hydrogen-bond donors (Lipinski definition) is 1. The zero-order valence-electron chi connectivity index (χ0n) is 19.0. The molecule has 1 N–H and O–H groups in total. The molecule has 2 aromatic heterocycles. The van der Waals surface area contributed by atoms with Crippen LogP contribution in [0.15, 0.2) is 61.1 Å². The van der Waals surface area contributed by atoms with Crippen LogP contribution in [0.5, 0.6) is 23.0 Å². The van der Waals surface area contributed by atoms with Gasteiger partial charge in [-0.25, -0.2) is 0 Å². The lowest BCUT2D eigenvalue weighted by atomic mass is 10.2. The van der Waals surface area contributed by atoms with Gasteiger partial charge >= 0.3 is 0 Å². The minimum Gasteiger partial charge on any atom is -0.493 e. The normalized spacial score (nSPS) is 10.9. The summed E-state index contributed by atoms with van der Waals surface area (Å²) in [5, 5.41) is 7.98. The molecule has 4 aromatic rings. The summed E-state index contributed by atoms with van der Waals surface area (Å²) >= 11 is 0. The van der Waals surface area contributed by atoms with Gasteiger partial charge < -0.3 is 19.5 Å². The molecule has 0 bridgehead atoms. The fourth-order valence-electron chi connectivity index (χ4n) is 3.41. The van der Waals surface area contributed by atoms with Crippen LogP contribution < -0.4 is 19.5 Å². The molecular weight excluding hydrogens is 420 g/mol. The van der Waals surface area contributed by atoms with Crippen molar-refractivity contribution < 1.29 is 19.0 Å². The summed E-state index contributed by atoms with van der Waals surface area (Å²) in [6, 6.07) is 12.9. The van der Waals surface area contributed by atoms with Gasteiger partial charge in [-0.05, 0) is 55.8 Å². The van der Waals surface area contributed by atoms with E-state index in [4.69, 9.17) is 14.2 Å². The number of nitrogens with zero attached hydrogens (tertiary/aromatic N) is 3. The molecule has 170 valence electrons. The summed E-state index contributed by atoms with van der Waals surface area (Å²) in [4.78, 5) is 16.8. The van der Waals surface area contributed by atoms with Crippen LogP contribution >= 0.6 is 0 Å².